The van der Waals surface area contributed by atoms with Gasteiger partial charge in [-0.3, -0.25) is 9.69 Å². The zero-order valence-corrected chi connectivity index (χ0v) is 16.1. The van der Waals surface area contributed by atoms with Crippen molar-refractivity contribution in [3.05, 3.63) is 35.6 Å². The zero-order chi connectivity index (χ0) is 19.1. The Hall–Kier alpha value is -1.50. The number of nitrogens with zero attached hydrogens (tertiary/aromatic N) is 1. The number of rotatable bonds is 7. The summed E-state index contributed by atoms with van der Waals surface area (Å²) in [5.74, 6) is -0.173. The zero-order valence-electron chi connectivity index (χ0n) is 16.1. The number of benzene rings is 1. The predicted octanol–water partition coefficient (Wildman–Crippen LogP) is 2.61. The van der Waals surface area contributed by atoms with Crippen molar-refractivity contribution in [2.75, 3.05) is 39.4 Å². The Morgan fingerprint density at radius 3 is 2.48 bits per heavy atom. The van der Waals surface area contributed by atoms with Gasteiger partial charge in [0.25, 0.3) is 0 Å². The van der Waals surface area contributed by atoms with E-state index in [2.05, 4.69) is 10.2 Å². The minimum absolute atomic E-state index is 0.0265. The van der Waals surface area contributed by atoms with E-state index in [9.17, 15) is 9.18 Å². The average Bonchev–Trinajstić information content (AvgIpc) is 2.71. The summed E-state index contributed by atoms with van der Waals surface area (Å²) in [6.45, 7) is 4.08. The first kappa shape index (κ1) is 20.2. The molecule has 1 heterocycles. The molecule has 27 heavy (non-hydrogen) atoms. The van der Waals surface area contributed by atoms with E-state index in [0.717, 1.165) is 44.3 Å². The molecule has 1 aromatic rings. The largest absolute Gasteiger partial charge is 0.379 e. The fourth-order valence-corrected chi connectivity index (χ4v) is 4.40. The molecule has 1 aromatic carbocycles. The summed E-state index contributed by atoms with van der Waals surface area (Å²) in [7, 11) is 0. The average molecular weight is 378 g/mol. The molecule has 0 spiro atoms. The van der Waals surface area contributed by atoms with Crippen molar-refractivity contribution in [2.45, 2.75) is 44.6 Å². The van der Waals surface area contributed by atoms with Crippen LogP contribution in [0.4, 0.5) is 4.39 Å². The van der Waals surface area contributed by atoms with Gasteiger partial charge < -0.3 is 15.8 Å². The number of carbonyl (C=O) groups excluding carboxylic acids is 1. The van der Waals surface area contributed by atoms with E-state index in [1.54, 1.807) is 0 Å². The molecular formula is C21H32FN3O2. The predicted molar refractivity (Wildman–Crippen MR) is 104 cm³/mol. The van der Waals surface area contributed by atoms with Crippen LogP contribution in [-0.4, -0.2) is 50.2 Å². The van der Waals surface area contributed by atoms with E-state index in [-0.39, 0.29) is 23.2 Å². The lowest BCUT2D eigenvalue weighted by Gasteiger charge is -2.37. The number of ether oxygens (including phenoxy) is 1. The van der Waals surface area contributed by atoms with Crippen LogP contribution in [0.3, 0.4) is 0 Å². The molecule has 2 fully saturated rings. The summed E-state index contributed by atoms with van der Waals surface area (Å²) >= 11 is 0. The monoisotopic (exact) mass is 377 g/mol. The number of hydrogen-bond acceptors (Lipinski definition) is 4. The number of halogens is 1. The van der Waals surface area contributed by atoms with Crippen molar-refractivity contribution < 1.29 is 13.9 Å². The van der Waals surface area contributed by atoms with E-state index >= 15 is 0 Å². The minimum atomic E-state index is -0.245. The molecule has 1 atom stereocenters. The number of nitrogens with one attached hydrogen (secondary N) is 1. The highest BCUT2D eigenvalue weighted by Gasteiger charge is 2.33. The Morgan fingerprint density at radius 2 is 1.85 bits per heavy atom. The number of carbonyl (C=O) groups is 1. The van der Waals surface area contributed by atoms with Gasteiger partial charge in [0.1, 0.15) is 5.82 Å². The normalized spacial score (nSPS) is 21.6. The van der Waals surface area contributed by atoms with Crippen molar-refractivity contribution >= 4 is 5.91 Å². The highest BCUT2D eigenvalue weighted by atomic mass is 19.1. The summed E-state index contributed by atoms with van der Waals surface area (Å²) in [6.07, 6.45) is 6.16. The molecule has 5 nitrogen and oxygen atoms in total. The van der Waals surface area contributed by atoms with E-state index in [1.165, 1.54) is 18.6 Å². The van der Waals surface area contributed by atoms with Gasteiger partial charge in [-0.2, -0.15) is 0 Å². The molecule has 3 rings (SSSR count). The van der Waals surface area contributed by atoms with Crippen LogP contribution >= 0.6 is 0 Å². The molecule has 1 saturated carbocycles. The Morgan fingerprint density at radius 1 is 1.19 bits per heavy atom. The van der Waals surface area contributed by atoms with Gasteiger partial charge in [0.05, 0.1) is 19.3 Å². The second-order valence-corrected chi connectivity index (χ2v) is 7.96. The Kier molecular flexibility index (Phi) is 7.21. The van der Waals surface area contributed by atoms with Crippen LogP contribution in [-0.2, 0) is 9.53 Å². The molecule has 150 valence electrons. The van der Waals surface area contributed by atoms with E-state index in [4.69, 9.17) is 10.5 Å². The molecule has 0 aromatic heterocycles. The van der Waals surface area contributed by atoms with Crippen molar-refractivity contribution in [3.8, 4) is 0 Å². The van der Waals surface area contributed by atoms with Crippen molar-refractivity contribution in [1.82, 2.24) is 10.2 Å². The summed E-state index contributed by atoms with van der Waals surface area (Å²) in [5.41, 5.74) is 7.01. The van der Waals surface area contributed by atoms with Gasteiger partial charge in [0.15, 0.2) is 0 Å². The third-order valence-corrected chi connectivity index (χ3v) is 6.12. The van der Waals surface area contributed by atoms with E-state index in [1.807, 2.05) is 12.1 Å². The van der Waals surface area contributed by atoms with Crippen LogP contribution in [0.5, 0.6) is 0 Å². The fraction of sp³-hybridized carbons (Fsp3) is 0.667. The van der Waals surface area contributed by atoms with Crippen LogP contribution in [0.1, 0.15) is 50.1 Å². The molecule has 3 N–H and O–H groups in total. The molecule has 0 radical (unpaired) electrons. The topological polar surface area (TPSA) is 67.6 Å². The number of nitrogens with two attached hydrogens (primary N) is 1. The summed E-state index contributed by atoms with van der Waals surface area (Å²) in [4.78, 5) is 15.0. The Bertz CT molecular complexity index is 596. The van der Waals surface area contributed by atoms with E-state index in [0.29, 0.717) is 32.7 Å². The first-order valence-corrected chi connectivity index (χ1v) is 10.2. The van der Waals surface area contributed by atoms with Crippen LogP contribution in [0.2, 0.25) is 0 Å². The maximum absolute atomic E-state index is 13.3. The van der Waals surface area contributed by atoms with Crippen LogP contribution in [0.15, 0.2) is 24.3 Å². The maximum atomic E-state index is 13.3. The van der Waals surface area contributed by atoms with Gasteiger partial charge in [-0.1, -0.05) is 31.4 Å². The molecule has 0 bridgehead atoms. The maximum Gasteiger partial charge on any atom is 0.220 e. The smallest absolute Gasteiger partial charge is 0.220 e. The summed E-state index contributed by atoms with van der Waals surface area (Å²) < 4.78 is 18.8. The van der Waals surface area contributed by atoms with E-state index < -0.39 is 0 Å². The quantitative estimate of drug-likeness (QED) is 0.767. The second-order valence-electron chi connectivity index (χ2n) is 7.96. The molecule has 1 unspecified atom stereocenters. The first-order chi connectivity index (χ1) is 13.1. The molecule has 2 aliphatic rings. The first-order valence-electron chi connectivity index (χ1n) is 10.2. The third kappa shape index (κ3) is 5.50. The lowest BCUT2D eigenvalue weighted by atomic mass is 9.71. The number of hydrogen-bond donors (Lipinski definition) is 2. The standard InChI is InChI=1S/C21H32FN3O2/c22-18-6-4-17(5-7-18)19(25-10-12-27-13-11-25)15-24-20(26)14-21(16-23)8-2-1-3-9-21/h4-7,19H,1-3,8-16,23H2,(H,24,26). The van der Waals surface area contributed by atoms with Crippen molar-refractivity contribution in [3.63, 3.8) is 0 Å². The molecule has 6 heteroatoms. The molecule has 1 amide bonds. The number of amides is 1. The van der Waals surface area contributed by atoms with Gasteiger partial charge >= 0.3 is 0 Å². The van der Waals surface area contributed by atoms with Crippen LogP contribution < -0.4 is 11.1 Å². The lowest BCUT2D eigenvalue weighted by Crippen LogP contribution is -2.45. The van der Waals surface area contributed by atoms with Crippen LogP contribution in [0.25, 0.3) is 0 Å². The molecular weight excluding hydrogens is 345 g/mol. The lowest BCUT2D eigenvalue weighted by molar-refractivity contribution is -0.124. The molecule has 1 aliphatic heterocycles. The summed E-state index contributed by atoms with van der Waals surface area (Å²) in [5, 5.41) is 3.13. The molecule has 1 aliphatic carbocycles. The van der Waals surface area contributed by atoms with Gasteiger partial charge in [0, 0.05) is 26.1 Å². The van der Waals surface area contributed by atoms with Crippen molar-refractivity contribution in [2.24, 2.45) is 11.1 Å². The van der Waals surface area contributed by atoms with Gasteiger partial charge in [-0.25, -0.2) is 4.39 Å². The fourth-order valence-electron chi connectivity index (χ4n) is 4.40. The van der Waals surface area contributed by atoms with Gasteiger partial charge in [-0.05, 0) is 42.5 Å². The number of morpholine rings is 1. The highest BCUT2D eigenvalue weighted by Crippen LogP contribution is 2.38. The van der Waals surface area contributed by atoms with Crippen LogP contribution in [0, 0.1) is 11.2 Å². The SMILES string of the molecule is NCC1(CC(=O)NCC(c2ccc(F)cc2)N2CCOCC2)CCCCC1. The summed E-state index contributed by atoms with van der Waals surface area (Å²) in [6, 6.07) is 6.61. The Labute approximate surface area is 161 Å². The van der Waals surface area contributed by atoms with Gasteiger partial charge in [0.2, 0.25) is 5.91 Å². The Balaban J connectivity index is 1.63. The van der Waals surface area contributed by atoms with Crippen molar-refractivity contribution in [1.29, 1.82) is 0 Å². The highest BCUT2D eigenvalue weighted by molar-refractivity contribution is 5.76. The third-order valence-electron chi connectivity index (χ3n) is 6.12. The van der Waals surface area contributed by atoms with Gasteiger partial charge in [-0.15, -0.1) is 0 Å². The molecule has 1 saturated heterocycles. The minimum Gasteiger partial charge on any atom is -0.379 e. The second kappa shape index (κ2) is 9.62.